The molecule has 0 atom stereocenters. The highest BCUT2D eigenvalue weighted by atomic mass is 32.1. The van der Waals surface area contributed by atoms with Gasteiger partial charge in [0, 0.05) is 17.3 Å². The maximum atomic E-state index is 5.99. The molecule has 0 aliphatic rings. The number of hydrogen-bond acceptors (Lipinski definition) is 5. The largest absolute Gasteiger partial charge is 0.436 e. The molecule has 1 N–H and O–H groups in total. The Kier molecular flexibility index (Phi) is 3.81. The number of nitrogens with zero attached hydrogens (tertiary/aromatic N) is 2. The summed E-state index contributed by atoms with van der Waals surface area (Å²) in [4.78, 5) is 9.31. The van der Waals surface area contributed by atoms with E-state index in [9.17, 15) is 0 Å². The van der Waals surface area contributed by atoms with Crippen LogP contribution in [0, 0.1) is 0 Å². The van der Waals surface area contributed by atoms with Gasteiger partial charge in [-0.15, -0.1) is 0 Å². The number of aromatic nitrogens is 2. The van der Waals surface area contributed by atoms with Crippen LogP contribution in [0.3, 0.4) is 0 Å². The van der Waals surface area contributed by atoms with Gasteiger partial charge in [-0.2, -0.15) is 11.3 Å². The summed E-state index contributed by atoms with van der Waals surface area (Å²) in [5.74, 6) is 1.36. The maximum Gasteiger partial charge on any atom is 0.231 e. The molecule has 0 unspecified atom stereocenters. The lowest BCUT2D eigenvalue weighted by Crippen LogP contribution is -2.27. The SMILES string of the molecule is CC(C)(C)Nc1ncc(-c2ccsc2)cc1-c1nc2ccccc2o1. The molecule has 5 heteroatoms. The number of pyridine rings is 1. The highest BCUT2D eigenvalue weighted by Crippen LogP contribution is 2.34. The van der Waals surface area contributed by atoms with Gasteiger partial charge >= 0.3 is 0 Å². The first-order valence-corrected chi connectivity index (χ1v) is 9.11. The van der Waals surface area contributed by atoms with E-state index in [-0.39, 0.29) is 5.54 Å². The Morgan fingerprint density at radius 3 is 2.64 bits per heavy atom. The van der Waals surface area contributed by atoms with Crippen molar-refractivity contribution in [2.45, 2.75) is 26.3 Å². The van der Waals surface area contributed by atoms with Crippen LogP contribution in [0.2, 0.25) is 0 Å². The molecule has 3 aromatic heterocycles. The molecular formula is C20H19N3OS. The zero-order valence-corrected chi connectivity index (χ0v) is 15.2. The van der Waals surface area contributed by atoms with Gasteiger partial charge in [0.05, 0.1) is 5.56 Å². The number of hydrogen-bond donors (Lipinski definition) is 1. The number of anilines is 1. The van der Waals surface area contributed by atoms with Gasteiger partial charge in [-0.25, -0.2) is 9.97 Å². The molecule has 0 fully saturated rings. The maximum absolute atomic E-state index is 5.99. The molecular weight excluding hydrogens is 330 g/mol. The van der Waals surface area contributed by atoms with Crippen molar-refractivity contribution in [3.8, 4) is 22.6 Å². The van der Waals surface area contributed by atoms with Crippen LogP contribution in [-0.4, -0.2) is 15.5 Å². The van der Waals surface area contributed by atoms with Gasteiger partial charge in [-0.1, -0.05) is 12.1 Å². The molecule has 0 amide bonds. The van der Waals surface area contributed by atoms with Crippen LogP contribution in [0.15, 0.2) is 57.8 Å². The Bertz CT molecular complexity index is 980. The zero-order chi connectivity index (χ0) is 17.4. The van der Waals surface area contributed by atoms with Crippen molar-refractivity contribution < 1.29 is 4.42 Å². The fourth-order valence-corrected chi connectivity index (χ4v) is 3.32. The van der Waals surface area contributed by atoms with Crippen molar-refractivity contribution >= 4 is 28.3 Å². The summed E-state index contributed by atoms with van der Waals surface area (Å²) >= 11 is 1.67. The van der Waals surface area contributed by atoms with Gasteiger partial charge in [0.1, 0.15) is 11.3 Å². The van der Waals surface area contributed by atoms with Crippen LogP contribution in [-0.2, 0) is 0 Å². The van der Waals surface area contributed by atoms with Crippen LogP contribution < -0.4 is 5.32 Å². The summed E-state index contributed by atoms with van der Waals surface area (Å²) in [6.07, 6.45) is 1.89. The molecule has 4 nitrogen and oxygen atoms in total. The van der Waals surface area contributed by atoms with Crippen molar-refractivity contribution in [1.82, 2.24) is 9.97 Å². The number of rotatable bonds is 3. The summed E-state index contributed by atoms with van der Waals surface area (Å²) in [5.41, 5.74) is 4.59. The molecule has 0 bridgehead atoms. The Morgan fingerprint density at radius 1 is 1.08 bits per heavy atom. The first-order chi connectivity index (χ1) is 12.0. The summed E-state index contributed by atoms with van der Waals surface area (Å²) in [6, 6.07) is 12.0. The first-order valence-electron chi connectivity index (χ1n) is 8.16. The van der Waals surface area contributed by atoms with Crippen molar-refractivity contribution in [1.29, 1.82) is 0 Å². The van der Waals surface area contributed by atoms with E-state index in [1.54, 1.807) is 11.3 Å². The van der Waals surface area contributed by atoms with Crippen LogP contribution in [0.1, 0.15) is 20.8 Å². The third-order valence-corrected chi connectivity index (χ3v) is 4.44. The second-order valence-corrected chi connectivity index (χ2v) is 7.77. The molecule has 126 valence electrons. The van der Waals surface area contributed by atoms with E-state index >= 15 is 0 Å². The summed E-state index contributed by atoms with van der Waals surface area (Å²) in [6.45, 7) is 6.33. The van der Waals surface area contributed by atoms with Crippen LogP contribution in [0.5, 0.6) is 0 Å². The quantitative estimate of drug-likeness (QED) is 0.505. The summed E-state index contributed by atoms with van der Waals surface area (Å²) in [5, 5.41) is 7.64. The van der Waals surface area contributed by atoms with Crippen molar-refractivity contribution in [3.05, 3.63) is 53.4 Å². The molecule has 0 spiro atoms. The van der Waals surface area contributed by atoms with E-state index in [1.807, 2.05) is 30.5 Å². The highest BCUT2D eigenvalue weighted by molar-refractivity contribution is 7.08. The van der Waals surface area contributed by atoms with Crippen molar-refractivity contribution in [2.75, 3.05) is 5.32 Å². The monoisotopic (exact) mass is 349 g/mol. The molecule has 0 aliphatic heterocycles. The van der Waals surface area contributed by atoms with E-state index in [0.29, 0.717) is 5.89 Å². The van der Waals surface area contributed by atoms with E-state index < -0.39 is 0 Å². The number of benzene rings is 1. The van der Waals surface area contributed by atoms with Gasteiger partial charge in [0.2, 0.25) is 5.89 Å². The average molecular weight is 349 g/mol. The standard InChI is InChI=1S/C20H19N3OS/c1-20(2,3)23-18-15(10-14(11-21-18)13-8-9-25-12-13)19-22-16-6-4-5-7-17(16)24-19/h4-12H,1-3H3,(H,21,23). The highest BCUT2D eigenvalue weighted by Gasteiger charge is 2.19. The average Bonchev–Trinajstić information content (AvgIpc) is 3.23. The topological polar surface area (TPSA) is 51.0 Å². The Morgan fingerprint density at radius 2 is 1.92 bits per heavy atom. The zero-order valence-electron chi connectivity index (χ0n) is 14.4. The third kappa shape index (κ3) is 3.28. The number of nitrogens with one attached hydrogen (secondary N) is 1. The van der Waals surface area contributed by atoms with E-state index in [0.717, 1.165) is 33.6 Å². The van der Waals surface area contributed by atoms with Crippen LogP contribution >= 0.6 is 11.3 Å². The molecule has 25 heavy (non-hydrogen) atoms. The first kappa shape index (κ1) is 15.8. The van der Waals surface area contributed by atoms with Gasteiger partial charge in [0.25, 0.3) is 0 Å². The van der Waals surface area contributed by atoms with E-state index in [2.05, 4.69) is 58.9 Å². The summed E-state index contributed by atoms with van der Waals surface area (Å²) < 4.78 is 5.99. The minimum atomic E-state index is -0.113. The van der Waals surface area contributed by atoms with Gasteiger partial charge in [0.15, 0.2) is 5.58 Å². The van der Waals surface area contributed by atoms with Crippen LogP contribution in [0.4, 0.5) is 5.82 Å². The molecule has 3 heterocycles. The fraction of sp³-hybridized carbons (Fsp3) is 0.200. The number of thiophene rings is 1. The lowest BCUT2D eigenvalue weighted by Gasteiger charge is -2.22. The van der Waals surface area contributed by atoms with Gasteiger partial charge < -0.3 is 9.73 Å². The van der Waals surface area contributed by atoms with Crippen molar-refractivity contribution in [3.63, 3.8) is 0 Å². The third-order valence-electron chi connectivity index (χ3n) is 3.76. The number of fused-ring (bicyclic) bond motifs is 1. The van der Waals surface area contributed by atoms with Crippen molar-refractivity contribution in [2.24, 2.45) is 0 Å². The van der Waals surface area contributed by atoms with E-state index in [1.165, 1.54) is 0 Å². The van der Waals surface area contributed by atoms with Crippen LogP contribution in [0.25, 0.3) is 33.7 Å². The Hall–Kier alpha value is -2.66. The second-order valence-electron chi connectivity index (χ2n) is 6.99. The van der Waals surface area contributed by atoms with E-state index in [4.69, 9.17) is 4.42 Å². The molecule has 4 aromatic rings. The Balaban J connectivity index is 1.88. The number of para-hydroxylation sites is 2. The normalized spacial score (nSPS) is 11.8. The predicted molar refractivity (Wildman–Crippen MR) is 104 cm³/mol. The molecule has 0 saturated heterocycles. The molecule has 0 aliphatic carbocycles. The smallest absolute Gasteiger partial charge is 0.231 e. The fourth-order valence-electron chi connectivity index (χ4n) is 2.66. The minimum Gasteiger partial charge on any atom is -0.436 e. The molecule has 4 rings (SSSR count). The lowest BCUT2D eigenvalue weighted by atomic mass is 10.1. The molecule has 1 aromatic carbocycles. The number of oxazole rings is 1. The minimum absolute atomic E-state index is 0.113. The predicted octanol–water partition coefficient (Wildman–Crippen LogP) is 5.83. The second kappa shape index (κ2) is 6.01. The molecule has 0 saturated carbocycles. The Labute approximate surface area is 150 Å². The lowest BCUT2D eigenvalue weighted by molar-refractivity contribution is 0.614. The van der Waals surface area contributed by atoms with Gasteiger partial charge in [-0.3, -0.25) is 0 Å². The van der Waals surface area contributed by atoms with Gasteiger partial charge in [-0.05, 0) is 61.4 Å². The molecule has 0 radical (unpaired) electrons. The summed E-state index contributed by atoms with van der Waals surface area (Å²) in [7, 11) is 0.